The molecule has 1 saturated carbocycles. The molecule has 0 unspecified atom stereocenters. The highest BCUT2D eigenvalue weighted by Gasteiger charge is 2.23. The first-order valence-corrected chi connectivity index (χ1v) is 10.1. The number of fused-ring (bicyclic) bond motifs is 1. The summed E-state index contributed by atoms with van der Waals surface area (Å²) in [5.74, 6) is 0.982. The molecule has 0 radical (unpaired) electrons. The Morgan fingerprint density at radius 2 is 1.66 bits per heavy atom. The molecule has 29 heavy (non-hydrogen) atoms. The molecule has 1 amide bonds. The van der Waals surface area contributed by atoms with Gasteiger partial charge in [-0.3, -0.25) is 4.79 Å². The lowest BCUT2D eigenvalue weighted by Gasteiger charge is -2.30. The van der Waals surface area contributed by atoms with Crippen LogP contribution in [0.3, 0.4) is 0 Å². The Labute approximate surface area is 178 Å². The van der Waals surface area contributed by atoms with E-state index in [0.29, 0.717) is 6.04 Å². The Bertz CT molecular complexity index is 996. The molecule has 4 nitrogen and oxygen atoms in total. The molecule has 1 aromatic heterocycles. The van der Waals surface area contributed by atoms with Crippen molar-refractivity contribution in [2.24, 2.45) is 0 Å². The lowest BCUT2D eigenvalue weighted by Crippen LogP contribution is -2.40. The number of aryl methyl sites for hydroxylation is 2. The van der Waals surface area contributed by atoms with Crippen LogP contribution in [0.5, 0.6) is 0 Å². The fourth-order valence-electron chi connectivity index (χ4n) is 4.07. The van der Waals surface area contributed by atoms with Gasteiger partial charge in [0.25, 0.3) is 5.91 Å². The van der Waals surface area contributed by atoms with Gasteiger partial charge in [0.2, 0.25) is 0 Å². The lowest BCUT2D eigenvalue weighted by molar-refractivity contribution is 0.0926. The van der Waals surface area contributed by atoms with Gasteiger partial charge in [0.05, 0.1) is 5.52 Å². The Morgan fingerprint density at radius 3 is 2.41 bits per heavy atom. The van der Waals surface area contributed by atoms with Crippen molar-refractivity contribution in [1.82, 2.24) is 10.3 Å². The Hall–Kier alpha value is -2.59. The van der Waals surface area contributed by atoms with Crippen molar-refractivity contribution in [2.45, 2.75) is 51.6 Å². The van der Waals surface area contributed by atoms with Gasteiger partial charge in [-0.05, 0) is 69.4 Å². The number of nitrogens with zero attached hydrogens (tertiary/aromatic N) is 1. The topological polar surface area (TPSA) is 54.0 Å². The zero-order valence-electron chi connectivity index (χ0n) is 16.9. The molecule has 1 heterocycles. The number of carbonyl (C=O) groups excluding carboxylic acids is 1. The van der Waals surface area contributed by atoms with E-state index in [9.17, 15) is 4.79 Å². The molecule has 0 bridgehead atoms. The molecule has 3 aromatic rings. The second-order valence-electron chi connectivity index (χ2n) is 7.88. The SMILES string of the molecule is Cc1cccc(C(=O)N[C@H]2CC[C@@H](Nc3cc(C)c4ccccc4n3)CC2)c1.Cl. The molecule has 152 valence electrons. The van der Waals surface area contributed by atoms with Crippen molar-refractivity contribution in [3.8, 4) is 0 Å². The van der Waals surface area contributed by atoms with Crippen LogP contribution in [0.25, 0.3) is 10.9 Å². The maximum absolute atomic E-state index is 12.5. The number of hydrogen-bond acceptors (Lipinski definition) is 3. The van der Waals surface area contributed by atoms with Gasteiger partial charge in [-0.25, -0.2) is 4.98 Å². The van der Waals surface area contributed by atoms with Crippen LogP contribution in [-0.2, 0) is 0 Å². The average Bonchev–Trinajstić information content (AvgIpc) is 2.69. The number of rotatable bonds is 4. The van der Waals surface area contributed by atoms with Crippen LogP contribution < -0.4 is 10.6 Å². The van der Waals surface area contributed by atoms with Gasteiger partial charge in [0.15, 0.2) is 0 Å². The fraction of sp³-hybridized carbons (Fsp3) is 0.333. The zero-order chi connectivity index (χ0) is 19.5. The summed E-state index contributed by atoms with van der Waals surface area (Å²) in [5.41, 5.74) is 4.13. The second-order valence-corrected chi connectivity index (χ2v) is 7.88. The maximum Gasteiger partial charge on any atom is 0.251 e. The first-order chi connectivity index (χ1) is 13.6. The quantitative estimate of drug-likeness (QED) is 0.604. The number of anilines is 1. The van der Waals surface area contributed by atoms with Crippen LogP contribution in [0.4, 0.5) is 5.82 Å². The number of halogens is 1. The number of para-hydroxylation sites is 1. The summed E-state index contributed by atoms with van der Waals surface area (Å²) in [6.07, 6.45) is 4.04. The largest absolute Gasteiger partial charge is 0.367 e. The summed E-state index contributed by atoms with van der Waals surface area (Å²) >= 11 is 0. The lowest BCUT2D eigenvalue weighted by atomic mass is 9.91. The van der Waals surface area contributed by atoms with Gasteiger partial charge in [-0.15, -0.1) is 12.4 Å². The molecule has 0 atom stereocenters. The summed E-state index contributed by atoms with van der Waals surface area (Å²) in [6, 6.07) is 18.8. The molecule has 1 aliphatic rings. The summed E-state index contributed by atoms with van der Waals surface area (Å²) in [7, 11) is 0. The van der Waals surface area contributed by atoms with Crippen LogP contribution in [0.15, 0.2) is 54.6 Å². The van der Waals surface area contributed by atoms with Crippen molar-refractivity contribution < 1.29 is 4.79 Å². The highest BCUT2D eigenvalue weighted by molar-refractivity contribution is 5.94. The molecule has 2 aromatic carbocycles. The summed E-state index contributed by atoms with van der Waals surface area (Å²) in [6.45, 7) is 4.14. The first kappa shape index (κ1) is 21.1. The van der Waals surface area contributed by atoms with E-state index in [1.54, 1.807) is 0 Å². The second kappa shape index (κ2) is 9.27. The van der Waals surface area contributed by atoms with E-state index in [1.165, 1.54) is 10.9 Å². The smallest absolute Gasteiger partial charge is 0.251 e. The van der Waals surface area contributed by atoms with Crippen molar-refractivity contribution in [2.75, 3.05) is 5.32 Å². The number of benzene rings is 2. The van der Waals surface area contributed by atoms with E-state index in [4.69, 9.17) is 4.98 Å². The standard InChI is InChI=1S/C24H27N3O.ClH/c1-16-6-5-7-18(14-16)24(28)26-20-12-10-19(11-13-20)25-23-15-17(2)21-8-3-4-9-22(21)27-23;/h3-9,14-15,19-20H,10-13H2,1-2H3,(H,25,27)(H,26,28);1H/t19-,20+;. The van der Waals surface area contributed by atoms with Gasteiger partial charge in [-0.2, -0.15) is 0 Å². The van der Waals surface area contributed by atoms with Crippen LogP contribution in [0.2, 0.25) is 0 Å². The van der Waals surface area contributed by atoms with E-state index in [1.807, 2.05) is 37.3 Å². The predicted octanol–water partition coefficient (Wildman–Crippen LogP) is 5.43. The van der Waals surface area contributed by atoms with Crippen LogP contribution in [-0.4, -0.2) is 23.0 Å². The van der Waals surface area contributed by atoms with Crippen molar-refractivity contribution in [1.29, 1.82) is 0 Å². The highest BCUT2D eigenvalue weighted by atomic mass is 35.5. The molecule has 5 heteroatoms. The molecule has 2 N–H and O–H groups in total. The minimum atomic E-state index is 0. The predicted molar refractivity (Wildman–Crippen MR) is 122 cm³/mol. The number of amides is 1. The molecule has 0 saturated heterocycles. The minimum Gasteiger partial charge on any atom is -0.367 e. The normalized spacial score (nSPS) is 18.7. The van der Waals surface area contributed by atoms with Crippen molar-refractivity contribution >= 4 is 35.0 Å². The van der Waals surface area contributed by atoms with Gasteiger partial charge in [0.1, 0.15) is 5.82 Å². The number of carbonyl (C=O) groups is 1. The molecule has 4 rings (SSSR count). The van der Waals surface area contributed by atoms with Gasteiger partial charge < -0.3 is 10.6 Å². The molecular formula is C24H28ClN3O. The molecule has 0 aliphatic heterocycles. The fourth-order valence-corrected chi connectivity index (χ4v) is 4.07. The first-order valence-electron chi connectivity index (χ1n) is 10.1. The number of aromatic nitrogens is 1. The third kappa shape index (κ3) is 5.07. The number of hydrogen-bond donors (Lipinski definition) is 2. The highest BCUT2D eigenvalue weighted by Crippen LogP contribution is 2.25. The van der Waals surface area contributed by atoms with Gasteiger partial charge in [-0.1, -0.05) is 35.9 Å². The molecule has 1 fully saturated rings. The van der Waals surface area contributed by atoms with E-state index in [-0.39, 0.29) is 24.4 Å². The Balaban J connectivity index is 0.00000240. The van der Waals surface area contributed by atoms with E-state index in [2.05, 4.69) is 41.8 Å². The minimum absolute atomic E-state index is 0. The third-order valence-corrected chi connectivity index (χ3v) is 5.62. The summed E-state index contributed by atoms with van der Waals surface area (Å²) in [4.78, 5) is 17.2. The Morgan fingerprint density at radius 1 is 0.931 bits per heavy atom. The summed E-state index contributed by atoms with van der Waals surface area (Å²) in [5, 5.41) is 8.01. The van der Waals surface area contributed by atoms with Crippen molar-refractivity contribution in [3.63, 3.8) is 0 Å². The van der Waals surface area contributed by atoms with Crippen LogP contribution in [0, 0.1) is 13.8 Å². The third-order valence-electron chi connectivity index (χ3n) is 5.62. The van der Waals surface area contributed by atoms with Crippen LogP contribution >= 0.6 is 12.4 Å². The van der Waals surface area contributed by atoms with E-state index in [0.717, 1.165) is 48.1 Å². The van der Waals surface area contributed by atoms with Crippen LogP contribution in [0.1, 0.15) is 47.2 Å². The van der Waals surface area contributed by atoms with Gasteiger partial charge in [0, 0.05) is 23.0 Å². The number of pyridine rings is 1. The summed E-state index contributed by atoms with van der Waals surface area (Å²) < 4.78 is 0. The van der Waals surface area contributed by atoms with Crippen molar-refractivity contribution in [3.05, 3.63) is 71.3 Å². The zero-order valence-corrected chi connectivity index (χ0v) is 17.8. The molecule has 1 aliphatic carbocycles. The monoisotopic (exact) mass is 409 g/mol. The number of nitrogens with one attached hydrogen (secondary N) is 2. The average molecular weight is 410 g/mol. The molecule has 0 spiro atoms. The Kier molecular flexibility index (Phi) is 6.75. The molecular weight excluding hydrogens is 382 g/mol. The van der Waals surface area contributed by atoms with E-state index >= 15 is 0 Å². The van der Waals surface area contributed by atoms with E-state index < -0.39 is 0 Å². The van der Waals surface area contributed by atoms with Gasteiger partial charge >= 0.3 is 0 Å². The maximum atomic E-state index is 12.5.